The van der Waals surface area contributed by atoms with Crippen LogP contribution in [0, 0.1) is 5.92 Å². The predicted octanol–water partition coefficient (Wildman–Crippen LogP) is 4.54. The Balaban J connectivity index is 1.77. The van der Waals surface area contributed by atoms with Crippen LogP contribution in [-0.2, 0) is 13.1 Å². The summed E-state index contributed by atoms with van der Waals surface area (Å²) in [5.41, 5.74) is 3.57. The average Bonchev–Trinajstić information content (AvgIpc) is 2.82. The molecule has 6 nitrogen and oxygen atoms in total. The summed E-state index contributed by atoms with van der Waals surface area (Å²) < 4.78 is 6.28. The highest BCUT2D eigenvalue weighted by Crippen LogP contribution is 2.27. The van der Waals surface area contributed by atoms with E-state index in [0.29, 0.717) is 31.3 Å². The molecule has 1 aliphatic rings. The summed E-state index contributed by atoms with van der Waals surface area (Å²) in [4.78, 5) is 23.6. The average molecular weight is 417 g/mol. The maximum absolute atomic E-state index is 13.6. The van der Waals surface area contributed by atoms with E-state index in [9.17, 15) is 4.79 Å². The first-order valence-electron chi connectivity index (χ1n) is 10.7. The van der Waals surface area contributed by atoms with E-state index in [1.165, 1.54) is 6.33 Å². The van der Waals surface area contributed by atoms with Crippen LogP contribution in [0.2, 0.25) is 0 Å². The second-order valence-electron chi connectivity index (χ2n) is 8.24. The number of carbonyl (C=O) groups excluding carboxylic acids is 1. The maximum Gasteiger partial charge on any atom is 0.273 e. The van der Waals surface area contributed by atoms with Gasteiger partial charge in [-0.3, -0.25) is 4.79 Å². The molecule has 2 heterocycles. The fourth-order valence-electron chi connectivity index (χ4n) is 3.94. The molecule has 0 bridgehead atoms. The first-order valence-corrected chi connectivity index (χ1v) is 10.7. The molecular formula is C25H28N4O2. The smallest absolute Gasteiger partial charge is 0.273 e. The zero-order valence-corrected chi connectivity index (χ0v) is 18.0. The van der Waals surface area contributed by atoms with Crippen molar-refractivity contribution in [2.75, 3.05) is 11.9 Å². The van der Waals surface area contributed by atoms with Crippen LogP contribution in [0.3, 0.4) is 0 Å². The molecule has 1 N–H and O–H groups in total. The number of amides is 1. The Kier molecular flexibility index (Phi) is 6.46. The number of rotatable bonds is 3. The Morgan fingerprint density at radius 3 is 2.68 bits per heavy atom. The quantitative estimate of drug-likeness (QED) is 0.679. The van der Waals surface area contributed by atoms with Gasteiger partial charge >= 0.3 is 0 Å². The predicted molar refractivity (Wildman–Crippen MR) is 121 cm³/mol. The molecule has 0 unspecified atom stereocenters. The van der Waals surface area contributed by atoms with E-state index >= 15 is 0 Å². The molecule has 1 aromatic heterocycles. The Morgan fingerprint density at radius 2 is 1.90 bits per heavy atom. The number of anilines is 1. The molecule has 0 aliphatic carbocycles. The fourth-order valence-corrected chi connectivity index (χ4v) is 3.94. The molecule has 160 valence electrons. The van der Waals surface area contributed by atoms with Crippen molar-refractivity contribution in [2.45, 2.75) is 39.4 Å². The van der Waals surface area contributed by atoms with Gasteiger partial charge in [-0.15, -0.1) is 0 Å². The minimum Gasteiger partial charge on any atom is -0.491 e. The van der Waals surface area contributed by atoms with Crippen LogP contribution < -0.4 is 10.1 Å². The molecule has 4 rings (SSSR count). The molecular weight excluding hydrogens is 388 g/mol. The van der Waals surface area contributed by atoms with Crippen molar-refractivity contribution in [3.8, 4) is 5.75 Å². The third kappa shape index (κ3) is 5.02. The normalized spacial score (nSPS) is 16.4. The number of hydrogen-bond acceptors (Lipinski definition) is 5. The molecule has 1 atom stereocenters. The summed E-state index contributed by atoms with van der Waals surface area (Å²) >= 11 is 0. The summed E-state index contributed by atoms with van der Waals surface area (Å²) in [6.45, 7) is 5.89. The minimum absolute atomic E-state index is 0.0957. The summed E-state index contributed by atoms with van der Waals surface area (Å²) in [7, 11) is 0. The Bertz CT molecular complexity index is 1020. The number of nitrogens with one attached hydrogen (secondary N) is 1. The van der Waals surface area contributed by atoms with Crippen molar-refractivity contribution in [3.05, 3.63) is 83.9 Å². The highest BCUT2D eigenvalue weighted by atomic mass is 16.5. The molecule has 0 saturated heterocycles. The third-order valence-corrected chi connectivity index (χ3v) is 5.48. The van der Waals surface area contributed by atoms with E-state index in [2.05, 4.69) is 47.3 Å². The summed E-state index contributed by atoms with van der Waals surface area (Å²) in [6, 6.07) is 17.8. The monoisotopic (exact) mass is 416 g/mol. The lowest BCUT2D eigenvalue weighted by atomic mass is 10.0. The van der Waals surface area contributed by atoms with Gasteiger partial charge in [-0.1, -0.05) is 50.2 Å². The van der Waals surface area contributed by atoms with E-state index in [0.717, 1.165) is 29.0 Å². The Morgan fingerprint density at radius 1 is 1.13 bits per heavy atom. The molecule has 2 aromatic carbocycles. The number of benzene rings is 2. The number of nitrogens with zero attached hydrogens (tertiary/aromatic N) is 3. The number of para-hydroxylation sites is 2. The van der Waals surface area contributed by atoms with Crippen LogP contribution in [0.1, 0.15) is 41.9 Å². The molecule has 1 aliphatic heterocycles. The van der Waals surface area contributed by atoms with Crippen LogP contribution in [0.25, 0.3) is 0 Å². The minimum atomic E-state index is -0.112. The zero-order valence-electron chi connectivity index (χ0n) is 18.0. The molecule has 0 fully saturated rings. The fraction of sp³-hybridized carbons (Fsp3) is 0.320. The van der Waals surface area contributed by atoms with Gasteiger partial charge in [0.1, 0.15) is 24.4 Å². The Hall–Kier alpha value is -3.41. The van der Waals surface area contributed by atoms with Crippen molar-refractivity contribution < 1.29 is 9.53 Å². The number of ether oxygens (including phenoxy) is 1. The Labute approximate surface area is 183 Å². The lowest BCUT2D eigenvalue weighted by Gasteiger charge is -2.33. The van der Waals surface area contributed by atoms with Gasteiger partial charge in [0.2, 0.25) is 0 Å². The van der Waals surface area contributed by atoms with Gasteiger partial charge in [-0.05, 0) is 36.1 Å². The van der Waals surface area contributed by atoms with Gasteiger partial charge in [0.25, 0.3) is 5.91 Å². The van der Waals surface area contributed by atoms with Gasteiger partial charge in [-0.2, -0.15) is 0 Å². The van der Waals surface area contributed by atoms with E-state index < -0.39 is 0 Å². The molecule has 31 heavy (non-hydrogen) atoms. The van der Waals surface area contributed by atoms with Crippen molar-refractivity contribution in [1.29, 1.82) is 0 Å². The molecule has 1 amide bonds. The van der Waals surface area contributed by atoms with E-state index in [4.69, 9.17) is 4.74 Å². The molecule has 6 heteroatoms. The summed E-state index contributed by atoms with van der Waals surface area (Å²) in [5.74, 6) is 1.14. The SMILES string of the molecule is CC(C)C[C@H]1COc2ccccc2CNc2ccccc2CN1C(=O)c1ccncn1. The van der Waals surface area contributed by atoms with E-state index in [1.54, 1.807) is 12.3 Å². The largest absolute Gasteiger partial charge is 0.491 e. The second-order valence-corrected chi connectivity index (χ2v) is 8.24. The molecule has 3 aromatic rings. The standard InChI is InChI=1S/C25H28N4O2/c1-18(2)13-21-16-31-24-10-6-4-7-19(24)14-27-22-9-5-3-8-20(22)15-29(21)25(30)23-11-12-26-17-28-23/h3-12,17-18,21,27H,13-16H2,1-2H3/t21-/m0/s1. The van der Waals surface area contributed by atoms with Crippen molar-refractivity contribution in [3.63, 3.8) is 0 Å². The first kappa shape index (κ1) is 20.8. The van der Waals surface area contributed by atoms with Crippen LogP contribution in [0.4, 0.5) is 5.69 Å². The zero-order chi connectivity index (χ0) is 21.6. The van der Waals surface area contributed by atoms with Crippen LogP contribution >= 0.6 is 0 Å². The molecule has 0 saturated carbocycles. The van der Waals surface area contributed by atoms with Crippen LogP contribution in [-0.4, -0.2) is 33.4 Å². The van der Waals surface area contributed by atoms with Crippen molar-refractivity contribution >= 4 is 11.6 Å². The molecule has 0 spiro atoms. The van der Waals surface area contributed by atoms with Gasteiger partial charge in [0, 0.05) is 30.5 Å². The number of hydrogen-bond donors (Lipinski definition) is 1. The highest BCUT2D eigenvalue weighted by Gasteiger charge is 2.28. The lowest BCUT2D eigenvalue weighted by molar-refractivity contribution is 0.0552. The number of aromatic nitrogens is 2. The van der Waals surface area contributed by atoms with Crippen LogP contribution in [0.15, 0.2) is 67.1 Å². The first-order chi connectivity index (χ1) is 15.1. The van der Waals surface area contributed by atoms with E-state index in [-0.39, 0.29) is 11.9 Å². The highest BCUT2D eigenvalue weighted by molar-refractivity contribution is 5.92. The van der Waals surface area contributed by atoms with Gasteiger partial charge in [0.15, 0.2) is 0 Å². The second kappa shape index (κ2) is 9.60. The summed E-state index contributed by atoms with van der Waals surface area (Å²) in [5, 5.41) is 3.53. The van der Waals surface area contributed by atoms with Gasteiger partial charge in [0.05, 0.1) is 6.04 Å². The third-order valence-electron chi connectivity index (χ3n) is 5.48. The van der Waals surface area contributed by atoms with Crippen molar-refractivity contribution in [1.82, 2.24) is 14.9 Å². The summed E-state index contributed by atoms with van der Waals surface area (Å²) in [6.07, 6.45) is 3.85. The topological polar surface area (TPSA) is 67.3 Å². The molecule has 0 radical (unpaired) electrons. The van der Waals surface area contributed by atoms with Gasteiger partial charge < -0.3 is 15.0 Å². The van der Waals surface area contributed by atoms with Crippen molar-refractivity contribution in [2.24, 2.45) is 5.92 Å². The van der Waals surface area contributed by atoms with Crippen LogP contribution in [0.5, 0.6) is 5.75 Å². The number of carbonyl (C=O) groups is 1. The lowest BCUT2D eigenvalue weighted by Crippen LogP contribution is -2.44. The van der Waals surface area contributed by atoms with Gasteiger partial charge in [-0.25, -0.2) is 9.97 Å². The van der Waals surface area contributed by atoms with E-state index in [1.807, 2.05) is 35.2 Å². The number of fused-ring (bicyclic) bond motifs is 2. The maximum atomic E-state index is 13.6.